The Hall–Kier alpha value is -0.650. The molecule has 1 saturated heterocycles. The van der Waals surface area contributed by atoms with Crippen molar-refractivity contribution in [3.8, 4) is 0 Å². The number of rotatable bonds is 7. The lowest BCUT2D eigenvalue weighted by Gasteiger charge is -2.32. The van der Waals surface area contributed by atoms with E-state index in [4.69, 9.17) is 14.6 Å². The van der Waals surface area contributed by atoms with E-state index in [1.807, 2.05) is 0 Å². The van der Waals surface area contributed by atoms with Crippen molar-refractivity contribution < 1.29 is 19.4 Å². The number of aliphatic carboxylic acids is 1. The SMILES string of the molecule is CC(C)(C)OCCN1CCC(OCCC(=O)O)CC1. The van der Waals surface area contributed by atoms with Crippen molar-refractivity contribution in [3.63, 3.8) is 0 Å². The quantitative estimate of drug-likeness (QED) is 0.766. The second-order valence-corrected chi connectivity index (χ2v) is 6.02. The maximum Gasteiger partial charge on any atom is 0.305 e. The van der Waals surface area contributed by atoms with Gasteiger partial charge in [-0.1, -0.05) is 0 Å². The fourth-order valence-electron chi connectivity index (χ4n) is 2.09. The van der Waals surface area contributed by atoms with Crippen LogP contribution in [0.2, 0.25) is 0 Å². The van der Waals surface area contributed by atoms with Gasteiger partial charge in [0.2, 0.25) is 0 Å². The number of hydrogen-bond donors (Lipinski definition) is 1. The van der Waals surface area contributed by atoms with Gasteiger partial charge in [-0.3, -0.25) is 4.79 Å². The van der Waals surface area contributed by atoms with Crippen LogP contribution in [0.5, 0.6) is 0 Å². The molecule has 19 heavy (non-hydrogen) atoms. The van der Waals surface area contributed by atoms with Gasteiger partial charge < -0.3 is 19.5 Å². The van der Waals surface area contributed by atoms with Crippen LogP contribution in [0, 0.1) is 0 Å². The molecule has 1 heterocycles. The highest BCUT2D eigenvalue weighted by Crippen LogP contribution is 2.14. The number of piperidine rings is 1. The standard InChI is InChI=1S/C14H27NO4/c1-14(2,3)19-11-9-15-7-4-12(5-8-15)18-10-6-13(16)17/h12H,4-11H2,1-3H3,(H,16,17). The van der Waals surface area contributed by atoms with E-state index in [2.05, 4.69) is 25.7 Å². The lowest BCUT2D eigenvalue weighted by Crippen LogP contribution is -2.39. The number of ether oxygens (including phenoxy) is 2. The van der Waals surface area contributed by atoms with Gasteiger partial charge in [-0.25, -0.2) is 0 Å². The number of carbonyl (C=O) groups is 1. The minimum absolute atomic E-state index is 0.0712. The predicted octanol–water partition coefficient (Wildman–Crippen LogP) is 1.76. The van der Waals surface area contributed by atoms with Gasteiger partial charge in [0.15, 0.2) is 0 Å². The lowest BCUT2D eigenvalue weighted by atomic mass is 10.1. The van der Waals surface area contributed by atoms with E-state index in [-0.39, 0.29) is 18.1 Å². The molecule has 0 aliphatic carbocycles. The molecule has 0 atom stereocenters. The van der Waals surface area contributed by atoms with E-state index in [0.717, 1.165) is 39.1 Å². The van der Waals surface area contributed by atoms with Gasteiger partial charge in [-0.05, 0) is 33.6 Å². The van der Waals surface area contributed by atoms with Gasteiger partial charge in [0.1, 0.15) is 0 Å². The number of likely N-dealkylation sites (tertiary alicyclic amines) is 1. The first-order chi connectivity index (χ1) is 8.87. The molecule has 1 aliphatic heterocycles. The monoisotopic (exact) mass is 273 g/mol. The molecule has 112 valence electrons. The highest BCUT2D eigenvalue weighted by atomic mass is 16.5. The largest absolute Gasteiger partial charge is 0.481 e. The zero-order valence-electron chi connectivity index (χ0n) is 12.4. The topological polar surface area (TPSA) is 59.0 Å². The van der Waals surface area contributed by atoms with Crippen LogP contribution in [0.25, 0.3) is 0 Å². The Kier molecular flexibility index (Phi) is 6.75. The maximum absolute atomic E-state index is 10.4. The number of carboxylic acids is 1. The third-order valence-corrected chi connectivity index (χ3v) is 3.15. The smallest absolute Gasteiger partial charge is 0.305 e. The van der Waals surface area contributed by atoms with Crippen molar-refractivity contribution in [1.29, 1.82) is 0 Å². The molecule has 5 nitrogen and oxygen atoms in total. The van der Waals surface area contributed by atoms with Gasteiger partial charge in [0.05, 0.1) is 31.3 Å². The second-order valence-electron chi connectivity index (χ2n) is 6.02. The highest BCUT2D eigenvalue weighted by Gasteiger charge is 2.20. The third kappa shape index (κ3) is 8.18. The summed E-state index contributed by atoms with van der Waals surface area (Å²) in [5.74, 6) is -0.795. The van der Waals surface area contributed by atoms with Crippen LogP contribution in [0.1, 0.15) is 40.0 Å². The molecule has 5 heteroatoms. The summed E-state index contributed by atoms with van der Waals surface area (Å²) in [6.45, 7) is 10.2. The minimum atomic E-state index is -0.795. The first-order valence-electron chi connectivity index (χ1n) is 7.06. The first kappa shape index (κ1) is 16.4. The Morgan fingerprint density at radius 2 is 1.89 bits per heavy atom. The summed E-state index contributed by atoms with van der Waals surface area (Å²) in [6, 6.07) is 0. The van der Waals surface area contributed by atoms with Gasteiger partial charge in [0.25, 0.3) is 0 Å². The Morgan fingerprint density at radius 3 is 2.42 bits per heavy atom. The molecule has 0 aromatic rings. The van der Waals surface area contributed by atoms with Crippen molar-refractivity contribution in [2.75, 3.05) is 32.8 Å². The summed E-state index contributed by atoms with van der Waals surface area (Å²) in [5.41, 5.74) is -0.0712. The van der Waals surface area contributed by atoms with Crippen LogP contribution >= 0.6 is 0 Å². The minimum Gasteiger partial charge on any atom is -0.481 e. The molecule has 0 saturated carbocycles. The summed E-state index contributed by atoms with van der Waals surface area (Å²) < 4.78 is 11.3. The van der Waals surface area contributed by atoms with Gasteiger partial charge in [0, 0.05) is 19.6 Å². The summed E-state index contributed by atoms with van der Waals surface area (Å²) in [5, 5.41) is 8.55. The predicted molar refractivity (Wildman–Crippen MR) is 73.4 cm³/mol. The fraction of sp³-hybridized carbons (Fsp3) is 0.929. The number of nitrogens with zero attached hydrogens (tertiary/aromatic N) is 1. The maximum atomic E-state index is 10.4. The van der Waals surface area contributed by atoms with E-state index in [9.17, 15) is 4.79 Å². The van der Waals surface area contributed by atoms with Crippen LogP contribution in [0.3, 0.4) is 0 Å². The van der Waals surface area contributed by atoms with Crippen LogP contribution < -0.4 is 0 Å². The van der Waals surface area contributed by atoms with E-state index >= 15 is 0 Å². The second kappa shape index (κ2) is 7.82. The molecule has 0 bridgehead atoms. The molecule has 0 aromatic carbocycles. The summed E-state index contributed by atoms with van der Waals surface area (Å²) in [7, 11) is 0. The Morgan fingerprint density at radius 1 is 1.26 bits per heavy atom. The van der Waals surface area contributed by atoms with Crippen LogP contribution in [-0.2, 0) is 14.3 Å². The van der Waals surface area contributed by atoms with Crippen molar-refractivity contribution >= 4 is 5.97 Å². The van der Waals surface area contributed by atoms with Crippen molar-refractivity contribution in [2.45, 2.75) is 51.7 Å². The molecule has 1 rings (SSSR count). The van der Waals surface area contributed by atoms with Gasteiger partial charge in [-0.15, -0.1) is 0 Å². The first-order valence-corrected chi connectivity index (χ1v) is 7.06. The van der Waals surface area contributed by atoms with E-state index in [1.165, 1.54) is 0 Å². The molecular formula is C14H27NO4. The number of carboxylic acid groups (broad SMARTS) is 1. The highest BCUT2D eigenvalue weighted by molar-refractivity contribution is 5.66. The Balaban J connectivity index is 2.07. The summed E-state index contributed by atoms with van der Waals surface area (Å²) >= 11 is 0. The van der Waals surface area contributed by atoms with Gasteiger partial charge in [-0.2, -0.15) is 0 Å². The van der Waals surface area contributed by atoms with Crippen molar-refractivity contribution in [2.24, 2.45) is 0 Å². The third-order valence-electron chi connectivity index (χ3n) is 3.15. The summed E-state index contributed by atoms with van der Waals surface area (Å²) in [4.78, 5) is 12.8. The van der Waals surface area contributed by atoms with E-state index in [1.54, 1.807) is 0 Å². The molecule has 0 unspecified atom stereocenters. The fourth-order valence-corrected chi connectivity index (χ4v) is 2.09. The zero-order valence-corrected chi connectivity index (χ0v) is 12.4. The number of hydrogen-bond acceptors (Lipinski definition) is 4. The average molecular weight is 273 g/mol. The molecule has 1 aliphatic rings. The Labute approximate surface area is 115 Å². The molecule has 1 fully saturated rings. The van der Waals surface area contributed by atoms with Gasteiger partial charge >= 0.3 is 5.97 Å². The average Bonchev–Trinajstić information content (AvgIpc) is 2.29. The van der Waals surface area contributed by atoms with Crippen LogP contribution in [-0.4, -0.2) is 60.5 Å². The molecule has 0 amide bonds. The molecule has 0 spiro atoms. The zero-order chi connectivity index (χ0) is 14.3. The molecule has 1 N–H and O–H groups in total. The normalized spacial score (nSPS) is 18.7. The van der Waals surface area contributed by atoms with Crippen LogP contribution in [0.15, 0.2) is 0 Å². The van der Waals surface area contributed by atoms with Crippen LogP contribution in [0.4, 0.5) is 0 Å². The summed E-state index contributed by atoms with van der Waals surface area (Å²) in [6.07, 6.45) is 2.28. The lowest BCUT2D eigenvalue weighted by molar-refractivity contribution is -0.138. The molecule has 0 radical (unpaired) electrons. The van der Waals surface area contributed by atoms with Crippen molar-refractivity contribution in [1.82, 2.24) is 4.90 Å². The van der Waals surface area contributed by atoms with E-state index < -0.39 is 5.97 Å². The molecular weight excluding hydrogens is 246 g/mol. The van der Waals surface area contributed by atoms with E-state index in [0.29, 0.717) is 6.61 Å². The van der Waals surface area contributed by atoms with Crippen molar-refractivity contribution in [3.05, 3.63) is 0 Å². The Bertz CT molecular complexity index is 267. The molecule has 0 aromatic heterocycles.